The van der Waals surface area contributed by atoms with E-state index in [0.29, 0.717) is 5.56 Å². The van der Waals surface area contributed by atoms with Crippen LogP contribution >= 0.6 is 0 Å². The highest BCUT2D eigenvalue weighted by atomic mass is 16.5. The summed E-state index contributed by atoms with van der Waals surface area (Å²) < 4.78 is 10.8. The molecule has 90 valence electrons. The third kappa shape index (κ3) is 1.45. The van der Waals surface area contributed by atoms with E-state index in [1.807, 2.05) is 0 Å². The van der Waals surface area contributed by atoms with Crippen molar-refractivity contribution in [1.82, 2.24) is 4.73 Å². The van der Waals surface area contributed by atoms with Gasteiger partial charge < -0.3 is 19.8 Å². The lowest BCUT2D eigenvalue weighted by atomic mass is 10.1. The number of methoxy groups -OCH3 is 2. The van der Waals surface area contributed by atoms with Crippen LogP contribution in [0.2, 0.25) is 0 Å². The second-order valence-corrected chi connectivity index (χ2v) is 3.41. The van der Waals surface area contributed by atoms with Gasteiger partial charge in [0, 0.05) is 11.8 Å². The Labute approximate surface area is 97.1 Å². The molecule has 0 radical (unpaired) electrons. The molecule has 0 aromatic rings. The fourth-order valence-electron chi connectivity index (χ4n) is 1.77. The van der Waals surface area contributed by atoms with Gasteiger partial charge in [0.25, 0.3) is 0 Å². The average molecular weight is 236 g/mol. The molecular formula is C11H12N2O4. The molecule has 2 rings (SSSR count). The summed E-state index contributed by atoms with van der Waals surface area (Å²) in [6.45, 7) is 0. The first kappa shape index (κ1) is 11.1. The van der Waals surface area contributed by atoms with Crippen LogP contribution in [0.4, 0.5) is 0 Å². The van der Waals surface area contributed by atoms with Crippen LogP contribution in [-0.2, 0) is 0 Å². The zero-order valence-electron chi connectivity index (χ0n) is 9.39. The van der Waals surface area contributed by atoms with Crippen LogP contribution in [0, 0.1) is 5.41 Å². The fourth-order valence-corrected chi connectivity index (χ4v) is 1.77. The van der Waals surface area contributed by atoms with Gasteiger partial charge >= 0.3 is 0 Å². The maximum atomic E-state index is 10.00. The fraction of sp³-hybridized carbons (Fsp3) is 0.182. The molecule has 0 fully saturated rings. The Bertz CT molecular complexity index is 591. The second-order valence-electron chi connectivity index (χ2n) is 3.41. The van der Waals surface area contributed by atoms with Gasteiger partial charge in [0.1, 0.15) is 11.1 Å². The molecule has 0 bridgehead atoms. The highest BCUT2D eigenvalue weighted by Crippen LogP contribution is 2.41. The summed E-state index contributed by atoms with van der Waals surface area (Å²) in [5.74, 6) is -0.110. The molecule has 6 nitrogen and oxygen atoms in total. The third-order valence-corrected chi connectivity index (χ3v) is 2.52. The summed E-state index contributed by atoms with van der Waals surface area (Å²) >= 11 is 0. The summed E-state index contributed by atoms with van der Waals surface area (Å²) in [6.07, 6.45) is 1.35. The van der Waals surface area contributed by atoms with E-state index >= 15 is 0 Å². The van der Waals surface area contributed by atoms with E-state index in [1.165, 1.54) is 20.4 Å². The van der Waals surface area contributed by atoms with E-state index in [-0.39, 0.29) is 28.3 Å². The number of fused-ring (bicyclic) bond motifs is 1. The summed E-state index contributed by atoms with van der Waals surface area (Å²) in [7, 11) is 2.74. The monoisotopic (exact) mass is 236 g/mol. The minimum atomic E-state index is -0.265. The first-order valence-electron chi connectivity index (χ1n) is 4.84. The van der Waals surface area contributed by atoms with E-state index in [1.54, 1.807) is 12.1 Å². The Kier molecular flexibility index (Phi) is 2.55. The minimum absolute atomic E-state index is 0.0269. The lowest BCUT2D eigenvalue weighted by Gasteiger charge is -2.17. The quantitative estimate of drug-likeness (QED) is 0.679. The molecule has 1 aliphatic carbocycles. The lowest BCUT2D eigenvalue weighted by Crippen LogP contribution is -2.14. The Morgan fingerprint density at radius 2 is 1.88 bits per heavy atom. The molecule has 0 saturated carbocycles. The SMILES string of the molecule is COc1c(O)c2n(O)cccc-2c(=N)c1OC. The maximum absolute atomic E-state index is 10.00. The number of aromatic hydroxyl groups is 1. The van der Waals surface area contributed by atoms with Crippen molar-refractivity contribution in [2.24, 2.45) is 0 Å². The number of aromatic nitrogens is 1. The summed E-state index contributed by atoms with van der Waals surface area (Å²) in [4.78, 5) is 0. The highest BCUT2D eigenvalue weighted by Gasteiger charge is 2.23. The summed E-state index contributed by atoms with van der Waals surface area (Å²) in [6, 6.07) is 3.16. The van der Waals surface area contributed by atoms with Crippen molar-refractivity contribution < 1.29 is 19.8 Å². The largest absolute Gasteiger partial charge is 0.503 e. The topological polar surface area (TPSA) is 87.7 Å². The number of ether oxygens (including phenoxy) is 2. The number of phenolic OH excluding ortho intramolecular Hbond substituents is 1. The highest BCUT2D eigenvalue weighted by molar-refractivity contribution is 5.75. The van der Waals surface area contributed by atoms with Crippen LogP contribution in [0.3, 0.4) is 0 Å². The van der Waals surface area contributed by atoms with E-state index in [0.717, 1.165) is 4.73 Å². The Morgan fingerprint density at radius 1 is 1.24 bits per heavy atom. The Hall–Kier alpha value is -2.37. The molecule has 0 aromatic heterocycles. The van der Waals surface area contributed by atoms with Crippen molar-refractivity contribution in [1.29, 1.82) is 5.41 Å². The number of nitrogens with zero attached hydrogens (tertiary/aromatic N) is 1. The summed E-state index contributed by atoms with van der Waals surface area (Å²) in [5.41, 5.74) is 0.473. The van der Waals surface area contributed by atoms with Gasteiger partial charge in [-0.1, -0.05) is 0 Å². The number of hydrogen-bond acceptors (Lipinski definition) is 5. The van der Waals surface area contributed by atoms with Crippen molar-refractivity contribution >= 4 is 0 Å². The van der Waals surface area contributed by atoms with Gasteiger partial charge in [-0.15, -0.1) is 0 Å². The molecule has 1 heterocycles. The molecule has 0 unspecified atom stereocenters. The molecule has 2 aliphatic rings. The predicted molar refractivity (Wildman–Crippen MR) is 58.9 cm³/mol. The van der Waals surface area contributed by atoms with E-state index in [2.05, 4.69) is 0 Å². The van der Waals surface area contributed by atoms with Gasteiger partial charge in [-0.3, -0.25) is 5.41 Å². The molecule has 3 N–H and O–H groups in total. The van der Waals surface area contributed by atoms with Gasteiger partial charge in [-0.25, -0.2) is 0 Å². The van der Waals surface area contributed by atoms with Gasteiger partial charge in [0.05, 0.1) is 14.2 Å². The Balaban J connectivity index is 2.99. The van der Waals surface area contributed by atoms with Crippen molar-refractivity contribution in [2.75, 3.05) is 14.2 Å². The van der Waals surface area contributed by atoms with Crippen LogP contribution in [-0.4, -0.2) is 29.3 Å². The number of rotatable bonds is 2. The number of phenols is 1. The molecule has 6 heteroatoms. The molecule has 17 heavy (non-hydrogen) atoms. The van der Waals surface area contributed by atoms with Crippen molar-refractivity contribution in [3.63, 3.8) is 0 Å². The van der Waals surface area contributed by atoms with Crippen molar-refractivity contribution in [2.45, 2.75) is 0 Å². The molecular weight excluding hydrogens is 224 g/mol. The Morgan fingerprint density at radius 3 is 2.47 bits per heavy atom. The van der Waals surface area contributed by atoms with Gasteiger partial charge in [0.2, 0.25) is 5.75 Å². The van der Waals surface area contributed by atoms with E-state index in [9.17, 15) is 10.3 Å². The van der Waals surface area contributed by atoms with Crippen LogP contribution in [0.25, 0.3) is 11.3 Å². The van der Waals surface area contributed by atoms with Gasteiger partial charge in [0.15, 0.2) is 11.5 Å². The second kappa shape index (κ2) is 3.89. The van der Waals surface area contributed by atoms with Crippen molar-refractivity contribution in [3.8, 4) is 28.5 Å². The maximum Gasteiger partial charge on any atom is 0.207 e. The van der Waals surface area contributed by atoms with Crippen molar-refractivity contribution in [3.05, 3.63) is 23.7 Å². The summed E-state index contributed by atoms with van der Waals surface area (Å²) in [5, 5.41) is 27.6. The molecule has 0 aromatic carbocycles. The molecule has 0 spiro atoms. The van der Waals surface area contributed by atoms with Gasteiger partial charge in [-0.05, 0) is 12.1 Å². The van der Waals surface area contributed by atoms with Crippen LogP contribution in [0.5, 0.6) is 17.2 Å². The standard InChI is InChI=1S/C11H12N2O4/c1-16-10-7(12)6-4-3-5-13(15)8(6)9(14)11(10)17-2/h3-5,12,14-15H,1-2H3. The van der Waals surface area contributed by atoms with Gasteiger partial charge in [-0.2, -0.15) is 4.73 Å². The van der Waals surface area contributed by atoms with Crippen LogP contribution in [0.15, 0.2) is 18.3 Å². The predicted octanol–water partition coefficient (Wildman–Crippen LogP) is 1.03. The first-order valence-corrected chi connectivity index (χ1v) is 4.84. The third-order valence-electron chi connectivity index (χ3n) is 2.52. The van der Waals surface area contributed by atoms with Crippen LogP contribution in [0.1, 0.15) is 0 Å². The van der Waals surface area contributed by atoms with E-state index in [4.69, 9.17) is 14.9 Å². The smallest absolute Gasteiger partial charge is 0.207 e. The average Bonchev–Trinajstić information content (AvgIpc) is 2.33. The molecule has 1 aliphatic heterocycles. The first-order chi connectivity index (χ1) is 8.11. The lowest BCUT2D eigenvalue weighted by molar-refractivity contribution is 0.185. The minimum Gasteiger partial charge on any atom is -0.503 e. The number of hydrogen-bond donors (Lipinski definition) is 3. The molecule has 0 saturated heterocycles. The molecule has 0 amide bonds. The number of benzene rings is 1. The normalized spacial score (nSPS) is 10.5. The van der Waals surface area contributed by atoms with E-state index < -0.39 is 0 Å². The molecule has 0 atom stereocenters. The zero-order valence-corrected chi connectivity index (χ0v) is 9.39. The zero-order chi connectivity index (χ0) is 12.6. The number of pyridine rings is 1. The van der Waals surface area contributed by atoms with Crippen LogP contribution < -0.4 is 14.8 Å². The number of nitrogens with one attached hydrogen (secondary N) is 1.